The first-order valence-corrected chi connectivity index (χ1v) is 8.53. The molecule has 2 aromatic rings. The largest absolute Gasteiger partial charge is 0.450 e. The predicted octanol–water partition coefficient (Wildman–Crippen LogP) is 1.54. The lowest BCUT2D eigenvalue weighted by atomic mass is 10.1. The molecule has 1 aromatic heterocycles. The molecule has 3 rings (SSSR count). The summed E-state index contributed by atoms with van der Waals surface area (Å²) in [6, 6.07) is 6.71. The summed E-state index contributed by atoms with van der Waals surface area (Å²) < 4.78 is 19.0. The van der Waals surface area contributed by atoms with E-state index >= 15 is 0 Å². The fourth-order valence-corrected chi connectivity index (χ4v) is 2.79. The van der Waals surface area contributed by atoms with Gasteiger partial charge in [0.05, 0.1) is 18.8 Å². The fraction of sp³-hybridized carbons (Fsp3) is 0.333. The molecular formula is C18H19FN4O4. The van der Waals surface area contributed by atoms with Gasteiger partial charge in [-0.1, -0.05) is 0 Å². The molecule has 0 spiro atoms. The van der Waals surface area contributed by atoms with Crippen LogP contribution in [0.2, 0.25) is 0 Å². The number of hydrogen-bond acceptors (Lipinski definition) is 5. The maximum Gasteiger partial charge on any atom is 0.410 e. The Morgan fingerprint density at radius 1 is 1.30 bits per heavy atom. The van der Waals surface area contributed by atoms with E-state index < -0.39 is 23.4 Å². The number of halogens is 1. The molecule has 2 heterocycles. The van der Waals surface area contributed by atoms with E-state index in [9.17, 15) is 18.8 Å². The molecule has 1 aliphatic heterocycles. The molecule has 1 aromatic carbocycles. The molecule has 1 aliphatic rings. The van der Waals surface area contributed by atoms with Crippen molar-refractivity contribution in [3.63, 3.8) is 0 Å². The van der Waals surface area contributed by atoms with Gasteiger partial charge >= 0.3 is 6.09 Å². The van der Waals surface area contributed by atoms with Crippen LogP contribution < -0.4 is 10.9 Å². The van der Waals surface area contributed by atoms with Crippen LogP contribution in [0.5, 0.6) is 0 Å². The number of aromatic nitrogens is 2. The Labute approximate surface area is 154 Å². The third-order valence-electron chi connectivity index (χ3n) is 4.09. The molecule has 2 amide bonds. The van der Waals surface area contributed by atoms with E-state index in [1.54, 1.807) is 6.92 Å². The number of nitrogens with one attached hydrogen (secondary N) is 1. The zero-order valence-electron chi connectivity index (χ0n) is 14.8. The minimum absolute atomic E-state index is 0.249. The van der Waals surface area contributed by atoms with Crippen LogP contribution in [0.15, 0.2) is 35.1 Å². The van der Waals surface area contributed by atoms with Gasteiger partial charge in [-0.25, -0.2) is 13.9 Å². The topological polar surface area (TPSA) is 93.5 Å². The van der Waals surface area contributed by atoms with Crippen LogP contribution in [0.25, 0.3) is 0 Å². The van der Waals surface area contributed by atoms with Crippen LogP contribution in [0.3, 0.4) is 0 Å². The van der Waals surface area contributed by atoms with Crippen molar-refractivity contribution in [2.45, 2.75) is 26.4 Å². The van der Waals surface area contributed by atoms with Crippen LogP contribution in [0.4, 0.5) is 14.9 Å². The zero-order valence-corrected chi connectivity index (χ0v) is 14.8. The molecule has 0 atom stereocenters. The third kappa shape index (κ3) is 4.49. The fourth-order valence-electron chi connectivity index (χ4n) is 2.79. The highest BCUT2D eigenvalue weighted by Gasteiger charge is 2.24. The second-order valence-electron chi connectivity index (χ2n) is 6.04. The summed E-state index contributed by atoms with van der Waals surface area (Å²) in [5, 5.41) is 6.84. The summed E-state index contributed by atoms with van der Waals surface area (Å²) in [5.74, 6) is -0.849. The molecule has 8 nitrogen and oxygen atoms in total. The molecule has 0 saturated heterocycles. The summed E-state index contributed by atoms with van der Waals surface area (Å²) in [7, 11) is 0. The van der Waals surface area contributed by atoms with Gasteiger partial charge in [0.1, 0.15) is 12.4 Å². The minimum Gasteiger partial charge on any atom is -0.450 e. The second kappa shape index (κ2) is 7.98. The van der Waals surface area contributed by atoms with E-state index in [1.807, 2.05) is 0 Å². The number of carbonyl (C=O) groups excluding carboxylic acids is 2. The van der Waals surface area contributed by atoms with Crippen molar-refractivity contribution in [3.8, 4) is 0 Å². The Hall–Kier alpha value is -3.23. The molecule has 0 radical (unpaired) electrons. The molecule has 0 bridgehead atoms. The van der Waals surface area contributed by atoms with Crippen molar-refractivity contribution in [1.82, 2.24) is 14.7 Å². The van der Waals surface area contributed by atoms with Crippen molar-refractivity contribution in [2.24, 2.45) is 0 Å². The first-order chi connectivity index (χ1) is 13.0. The Bertz CT molecular complexity index is 911. The van der Waals surface area contributed by atoms with Gasteiger partial charge in [0.2, 0.25) is 5.91 Å². The SMILES string of the molecule is CCOC(=O)N1CCc2nn(CC(=O)Nc3ccc(F)cc3)c(=O)cc2C1. The van der Waals surface area contributed by atoms with Gasteiger partial charge in [-0.3, -0.25) is 9.59 Å². The van der Waals surface area contributed by atoms with Crippen molar-refractivity contribution in [1.29, 1.82) is 0 Å². The minimum atomic E-state index is -0.444. The third-order valence-corrected chi connectivity index (χ3v) is 4.09. The first-order valence-electron chi connectivity index (χ1n) is 8.53. The van der Waals surface area contributed by atoms with Gasteiger partial charge in [0, 0.05) is 30.3 Å². The van der Waals surface area contributed by atoms with Crippen LogP contribution in [-0.2, 0) is 29.0 Å². The van der Waals surface area contributed by atoms with Gasteiger partial charge in [0.15, 0.2) is 0 Å². The molecule has 0 saturated carbocycles. The Kier molecular flexibility index (Phi) is 5.49. The van der Waals surface area contributed by atoms with Gasteiger partial charge < -0.3 is 15.0 Å². The number of amides is 2. The van der Waals surface area contributed by atoms with E-state index in [1.165, 1.54) is 35.2 Å². The maximum atomic E-state index is 12.9. The number of rotatable bonds is 4. The lowest BCUT2D eigenvalue weighted by Gasteiger charge is -2.27. The smallest absolute Gasteiger partial charge is 0.410 e. The Morgan fingerprint density at radius 3 is 2.74 bits per heavy atom. The van der Waals surface area contributed by atoms with E-state index in [0.717, 1.165) is 4.68 Å². The number of nitrogens with zero attached hydrogens (tertiary/aromatic N) is 3. The van der Waals surface area contributed by atoms with Gasteiger partial charge in [-0.2, -0.15) is 5.10 Å². The lowest BCUT2D eigenvalue weighted by Crippen LogP contribution is -2.39. The second-order valence-corrected chi connectivity index (χ2v) is 6.04. The molecule has 0 aliphatic carbocycles. The van der Waals surface area contributed by atoms with E-state index in [4.69, 9.17) is 4.74 Å². The monoisotopic (exact) mass is 374 g/mol. The summed E-state index contributed by atoms with van der Waals surface area (Å²) >= 11 is 0. The number of ether oxygens (including phenoxy) is 1. The highest BCUT2D eigenvalue weighted by Crippen LogP contribution is 2.16. The zero-order chi connectivity index (χ0) is 19.4. The maximum absolute atomic E-state index is 12.9. The average molecular weight is 374 g/mol. The van der Waals surface area contributed by atoms with Gasteiger partial charge in [0.25, 0.3) is 5.56 Å². The van der Waals surface area contributed by atoms with E-state index in [0.29, 0.717) is 29.9 Å². The summed E-state index contributed by atoms with van der Waals surface area (Å²) in [6.07, 6.45) is 0.0413. The number of carbonyl (C=O) groups is 2. The molecule has 0 unspecified atom stereocenters. The summed E-state index contributed by atoms with van der Waals surface area (Å²) in [6.45, 7) is 2.43. The standard InChI is InChI=1S/C18H19FN4O4/c1-2-27-18(26)22-8-7-15-12(10-22)9-17(25)23(21-15)11-16(24)20-14-5-3-13(19)4-6-14/h3-6,9H,2,7-8,10-11H2,1H3,(H,20,24). The lowest BCUT2D eigenvalue weighted by molar-refractivity contribution is -0.117. The van der Waals surface area contributed by atoms with Crippen LogP contribution in [0.1, 0.15) is 18.2 Å². The van der Waals surface area contributed by atoms with E-state index in [2.05, 4.69) is 10.4 Å². The molecule has 142 valence electrons. The highest BCUT2D eigenvalue weighted by molar-refractivity contribution is 5.90. The summed E-state index contributed by atoms with van der Waals surface area (Å²) in [4.78, 5) is 37.7. The summed E-state index contributed by atoms with van der Waals surface area (Å²) in [5.41, 5.74) is 1.31. The molecule has 27 heavy (non-hydrogen) atoms. The first kappa shape index (κ1) is 18.6. The quantitative estimate of drug-likeness (QED) is 0.876. The Morgan fingerprint density at radius 2 is 2.04 bits per heavy atom. The van der Waals surface area contributed by atoms with Crippen molar-refractivity contribution in [2.75, 3.05) is 18.5 Å². The van der Waals surface area contributed by atoms with Crippen LogP contribution in [-0.4, -0.2) is 39.8 Å². The number of fused-ring (bicyclic) bond motifs is 1. The van der Waals surface area contributed by atoms with E-state index in [-0.39, 0.29) is 19.7 Å². The van der Waals surface area contributed by atoms with Gasteiger partial charge in [-0.05, 0) is 31.2 Å². The van der Waals surface area contributed by atoms with Crippen molar-refractivity contribution >= 4 is 17.7 Å². The normalized spacial score (nSPS) is 13.0. The average Bonchev–Trinajstić information content (AvgIpc) is 2.64. The van der Waals surface area contributed by atoms with Crippen LogP contribution in [0, 0.1) is 5.82 Å². The van der Waals surface area contributed by atoms with Gasteiger partial charge in [-0.15, -0.1) is 0 Å². The highest BCUT2D eigenvalue weighted by atomic mass is 19.1. The number of anilines is 1. The molecule has 1 N–H and O–H groups in total. The molecule has 9 heteroatoms. The molecule has 0 fully saturated rings. The number of hydrogen-bond donors (Lipinski definition) is 1. The predicted molar refractivity (Wildman–Crippen MR) is 94.7 cm³/mol. The number of benzene rings is 1. The van der Waals surface area contributed by atoms with Crippen molar-refractivity contribution < 1.29 is 18.7 Å². The Balaban J connectivity index is 1.69. The van der Waals surface area contributed by atoms with Crippen LogP contribution >= 0.6 is 0 Å². The molecular weight excluding hydrogens is 355 g/mol. The van der Waals surface area contributed by atoms with Crippen molar-refractivity contribution in [3.05, 3.63) is 57.8 Å².